The molecule has 1 saturated carbocycles. The molecule has 0 aromatic rings. The van der Waals surface area contributed by atoms with Crippen molar-refractivity contribution in [2.45, 2.75) is 30.9 Å². The van der Waals surface area contributed by atoms with Crippen LogP contribution in [0.25, 0.3) is 0 Å². The van der Waals surface area contributed by atoms with E-state index in [1.165, 1.54) is 0 Å². The quantitative estimate of drug-likeness (QED) is 0.423. The van der Waals surface area contributed by atoms with Crippen molar-refractivity contribution in [2.75, 3.05) is 0 Å². The summed E-state index contributed by atoms with van der Waals surface area (Å²) in [5, 5.41) is 7.84. The van der Waals surface area contributed by atoms with Crippen molar-refractivity contribution in [1.82, 2.24) is 0 Å². The van der Waals surface area contributed by atoms with E-state index in [9.17, 15) is 26.7 Å². The molecule has 0 aromatic carbocycles. The third kappa shape index (κ3) is 1.90. The van der Waals surface area contributed by atoms with Crippen molar-refractivity contribution >= 4 is 5.97 Å². The molecule has 0 aliphatic heterocycles. The Kier molecular flexibility index (Phi) is 3.48. The van der Waals surface area contributed by atoms with Gasteiger partial charge in [-0.2, -0.15) is 5.26 Å². The van der Waals surface area contributed by atoms with Gasteiger partial charge in [-0.15, -0.1) is 0 Å². The predicted molar refractivity (Wildman–Crippen MR) is 36.7 cm³/mol. The van der Waals surface area contributed by atoms with E-state index in [0.29, 0.717) is 0 Å². The maximum Gasteiger partial charge on any atom is 0.351 e. The van der Waals surface area contributed by atoms with Crippen molar-refractivity contribution in [3.8, 4) is 0 Å². The number of rotatable bonds is 1. The van der Waals surface area contributed by atoms with Crippen LogP contribution in [0.3, 0.4) is 0 Å². The lowest BCUT2D eigenvalue weighted by Crippen LogP contribution is -2.56. The lowest BCUT2D eigenvalue weighted by molar-refractivity contribution is -0.248. The first kappa shape index (κ1) is 12.2. The van der Waals surface area contributed by atoms with Gasteiger partial charge in [0.15, 0.2) is 30.9 Å². The first-order valence-electron chi connectivity index (χ1n) is 3.97. The molecule has 0 bridgehead atoms. The van der Waals surface area contributed by atoms with E-state index in [1.807, 2.05) is 0 Å². The van der Waals surface area contributed by atoms with Gasteiger partial charge in [0.05, 0.1) is 0 Å². The fourth-order valence-electron chi connectivity index (χ4n) is 1.42. The van der Waals surface area contributed by atoms with Crippen LogP contribution in [0.1, 0.15) is 0 Å². The zero-order chi connectivity index (χ0) is 11.7. The maximum atomic E-state index is 12.9. The molecule has 4 unspecified atom stereocenters. The van der Waals surface area contributed by atoms with Crippen LogP contribution in [-0.4, -0.2) is 42.1 Å². The molecule has 8 heteroatoms. The molecule has 1 rings (SSSR count). The van der Waals surface area contributed by atoms with E-state index in [4.69, 9.17) is 5.26 Å². The molecule has 15 heavy (non-hydrogen) atoms. The van der Waals surface area contributed by atoms with E-state index >= 15 is 0 Å². The Morgan fingerprint density at radius 3 is 1.53 bits per heavy atom. The molecule has 1 aliphatic carbocycles. The molecule has 0 radical (unpaired) electrons. The highest BCUT2D eigenvalue weighted by molar-refractivity contribution is 5.73. The number of hydrogen-bond acceptors (Lipinski definition) is 3. The summed E-state index contributed by atoms with van der Waals surface area (Å²) in [7, 11) is 0. The van der Waals surface area contributed by atoms with Gasteiger partial charge in [-0.05, 0) is 0 Å². The van der Waals surface area contributed by atoms with Crippen LogP contribution in [0.15, 0.2) is 0 Å². The average Bonchev–Trinajstić information content (AvgIpc) is 2.23. The van der Waals surface area contributed by atoms with Gasteiger partial charge in [0.1, 0.15) is 5.92 Å². The molecular weight excluding hydrogens is 227 g/mol. The summed E-state index contributed by atoms with van der Waals surface area (Å²) < 4.78 is 63.8. The van der Waals surface area contributed by atoms with Gasteiger partial charge < -0.3 is 4.89 Å². The Morgan fingerprint density at radius 2 is 1.20 bits per heavy atom. The van der Waals surface area contributed by atoms with Gasteiger partial charge in [-0.25, -0.2) is 26.7 Å². The van der Waals surface area contributed by atoms with Crippen molar-refractivity contribution in [3.05, 3.63) is 0 Å². The molecule has 0 saturated heterocycles. The van der Waals surface area contributed by atoms with E-state index in [0.717, 1.165) is 0 Å². The molecule has 1 aliphatic rings. The lowest BCUT2D eigenvalue weighted by Gasteiger charge is -2.33. The van der Waals surface area contributed by atoms with Gasteiger partial charge >= 0.3 is 5.97 Å². The van der Waals surface area contributed by atoms with Gasteiger partial charge in [0.2, 0.25) is 0 Å². The van der Waals surface area contributed by atoms with Crippen LogP contribution in [0.2, 0.25) is 0 Å². The molecule has 0 amide bonds. The summed E-state index contributed by atoms with van der Waals surface area (Å²) >= 11 is 0. The summed E-state index contributed by atoms with van der Waals surface area (Å²) in [4.78, 5) is 13.6. The van der Waals surface area contributed by atoms with Crippen molar-refractivity contribution in [2.24, 2.45) is 5.92 Å². The Labute approximate surface area is 80.7 Å². The Morgan fingerprint density at radius 1 is 0.867 bits per heavy atom. The summed E-state index contributed by atoms with van der Waals surface area (Å²) in [6.07, 6.45) is -14.7. The molecule has 4 atom stereocenters. The molecule has 3 nitrogen and oxygen atoms in total. The molecular formula is C7H7F5O3. The normalized spacial score (nSPS) is 46.3. The number of halogens is 5. The van der Waals surface area contributed by atoms with Crippen molar-refractivity contribution in [1.29, 1.82) is 0 Å². The van der Waals surface area contributed by atoms with E-state index < -0.39 is 42.7 Å². The molecule has 0 spiro atoms. The summed E-state index contributed by atoms with van der Waals surface area (Å²) in [5.74, 6) is -4.36. The topological polar surface area (TPSA) is 46.5 Å². The number of hydrogen-bond donors (Lipinski definition) is 1. The van der Waals surface area contributed by atoms with Gasteiger partial charge in [-0.3, -0.25) is 0 Å². The predicted octanol–water partition coefficient (Wildman–Crippen LogP) is 1.32. The SMILES string of the molecule is O=C(OO)C1C(F)C(F)C(F)C(F)C1F. The fraction of sp³-hybridized carbons (Fsp3) is 0.857. The second-order valence-electron chi connectivity index (χ2n) is 3.16. The fourth-order valence-corrected chi connectivity index (χ4v) is 1.42. The lowest BCUT2D eigenvalue weighted by atomic mass is 9.82. The summed E-state index contributed by atoms with van der Waals surface area (Å²) in [6, 6.07) is 0. The molecule has 0 heterocycles. The highest BCUT2D eigenvalue weighted by Crippen LogP contribution is 2.36. The Hall–Kier alpha value is -0.920. The van der Waals surface area contributed by atoms with Gasteiger partial charge in [0, 0.05) is 0 Å². The molecule has 88 valence electrons. The van der Waals surface area contributed by atoms with E-state index in [2.05, 4.69) is 4.89 Å². The second kappa shape index (κ2) is 4.30. The monoisotopic (exact) mass is 234 g/mol. The number of alkyl halides is 5. The van der Waals surface area contributed by atoms with Crippen LogP contribution in [0, 0.1) is 5.92 Å². The average molecular weight is 234 g/mol. The molecule has 0 aromatic heterocycles. The maximum absolute atomic E-state index is 12.9. The Bertz CT molecular complexity index is 235. The summed E-state index contributed by atoms with van der Waals surface area (Å²) in [6.45, 7) is 0. The van der Waals surface area contributed by atoms with Gasteiger partial charge in [-0.1, -0.05) is 0 Å². The van der Waals surface area contributed by atoms with Crippen molar-refractivity contribution in [3.63, 3.8) is 0 Å². The first-order valence-corrected chi connectivity index (χ1v) is 3.97. The minimum absolute atomic E-state index is 1.87. The second-order valence-corrected chi connectivity index (χ2v) is 3.16. The van der Waals surface area contributed by atoms with Crippen LogP contribution in [0.5, 0.6) is 0 Å². The largest absolute Gasteiger partial charge is 0.351 e. The first-order chi connectivity index (χ1) is 6.91. The third-order valence-electron chi connectivity index (χ3n) is 2.27. The van der Waals surface area contributed by atoms with Gasteiger partial charge in [0.25, 0.3) is 0 Å². The van der Waals surface area contributed by atoms with Crippen molar-refractivity contribution < 1.29 is 36.9 Å². The van der Waals surface area contributed by atoms with E-state index in [-0.39, 0.29) is 0 Å². The zero-order valence-corrected chi connectivity index (χ0v) is 7.12. The highest BCUT2D eigenvalue weighted by Gasteiger charge is 2.57. The van der Waals surface area contributed by atoms with E-state index in [1.54, 1.807) is 0 Å². The standard InChI is InChI=1S/C7H7F5O3/c8-2-1(7(13)15-14)3(9)5(11)6(12)4(2)10/h1-6,14H. The number of carbonyl (C=O) groups excluding carboxylic acids is 1. The van der Waals surface area contributed by atoms with Crippen LogP contribution < -0.4 is 0 Å². The Balaban J connectivity index is 2.91. The molecule has 1 fully saturated rings. The highest BCUT2D eigenvalue weighted by atomic mass is 19.2. The van der Waals surface area contributed by atoms with Crippen LogP contribution in [0.4, 0.5) is 22.0 Å². The number of carbonyl (C=O) groups is 1. The van der Waals surface area contributed by atoms with Crippen LogP contribution in [-0.2, 0) is 9.68 Å². The minimum Gasteiger partial charge on any atom is -0.300 e. The zero-order valence-electron chi connectivity index (χ0n) is 7.12. The smallest absolute Gasteiger partial charge is 0.300 e. The third-order valence-corrected chi connectivity index (χ3v) is 2.27. The summed E-state index contributed by atoms with van der Waals surface area (Å²) in [5.41, 5.74) is 0. The van der Waals surface area contributed by atoms with Crippen LogP contribution >= 0.6 is 0 Å². The minimum atomic E-state index is -2.97. The molecule has 1 N–H and O–H groups in total.